The second-order valence-electron chi connectivity index (χ2n) is 4.69. The van der Waals surface area contributed by atoms with Gasteiger partial charge < -0.3 is 4.90 Å². The molecular formula is C13H22IN3O. The summed E-state index contributed by atoms with van der Waals surface area (Å²) in [5.41, 5.74) is 0.691. The average Bonchev–Trinajstić information content (AvgIpc) is 2.68. The van der Waals surface area contributed by atoms with Crippen LogP contribution in [0.2, 0.25) is 0 Å². The number of aromatic nitrogens is 2. The first-order valence-electron chi connectivity index (χ1n) is 6.44. The monoisotopic (exact) mass is 363 g/mol. The summed E-state index contributed by atoms with van der Waals surface area (Å²) in [6, 6.07) is 0.497. The summed E-state index contributed by atoms with van der Waals surface area (Å²) < 4.78 is 2.58. The molecule has 0 fully saturated rings. The molecule has 0 radical (unpaired) electrons. The molecular weight excluding hydrogens is 341 g/mol. The molecule has 0 aliphatic heterocycles. The van der Waals surface area contributed by atoms with Crippen molar-refractivity contribution >= 4 is 28.5 Å². The van der Waals surface area contributed by atoms with E-state index in [0.29, 0.717) is 5.69 Å². The SMILES string of the molecule is CCC(C)N(C(=O)c1c(I)cnn1C)C(C)CC. The average molecular weight is 363 g/mol. The van der Waals surface area contributed by atoms with Crippen molar-refractivity contribution in [1.82, 2.24) is 14.7 Å². The van der Waals surface area contributed by atoms with E-state index in [0.717, 1.165) is 16.4 Å². The van der Waals surface area contributed by atoms with Gasteiger partial charge in [0.05, 0.1) is 9.77 Å². The van der Waals surface area contributed by atoms with Crippen LogP contribution in [-0.4, -0.2) is 32.7 Å². The number of rotatable bonds is 5. The van der Waals surface area contributed by atoms with Crippen LogP contribution in [-0.2, 0) is 7.05 Å². The number of hydrogen-bond acceptors (Lipinski definition) is 2. The lowest BCUT2D eigenvalue weighted by Crippen LogP contribution is -2.45. The number of carbonyl (C=O) groups is 1. The van der Waals surface area contributed by atoms with Crippen LogP contribution in [0.5, 0.6) is 0 Å². The van der Waals surface area contributed by atoms with E-state index in [1.165, 1.54) is 0 Å². The first-order valence-corrected chi connectivity index (χ1v) is 7.51. The van der Waals surface area contributed by atoms with Crippen molar-refractivity contribution in [1.29, 1.82) is 0 Å². The number of amides is 1. The van der Waals surface area contributed by atoms with E-state index in [4.69, 9.17) is 0 Å². The van der Waals surface area contributed by atoms with E-state index in [2.05, 4.69) is 55.4 Å². The van der Waals surface area contributed by atoms with E-state index in [1.54, 1.807) is 10.9 Å². The van der Waals surface area contributed by atoms with Gasteiger partial charge in [0.25, 0.3) is 5.91 Å². The predicted molar refractivity (Wildman–Crippen MR) is 81.6 cm³/mol. The first kappa shape index (κ1) is 15.5. The minimum Gasteiger partial charge on any atom is -0.332 e. The summed E-state index contributed by atoms with van der Waals surface area (Å²) in [5, 5.41) is 4.15. The minimum absolute atomic E-state index is 0.0862. The van der Waals surface area contributed by atoms with Crippen LogP contribution in [0.25, 0.3) is 0 Å². The van der Waals surface area contributed by atoms with Crippen LogP contribution in [0.1, 0.15) is 51.0 Å². The molecule has 2 unspecified atom stereocenters. The van der Waals surface area contributed by atoms with Crippen molar-refractivity contribution in [2.45, 2.75) is 52.6 Å². The minimum atomic E-state index is 0.0862. The van der Waals surface area contributed by atoms with Gasteiger partial charge in [-0.15, -0.1) is 0 Å². The van der Waals surface area contributed by atoms with Crippen molar-refractivity contribution in [2.24, 2.45) is 7.05 Å². The first-order chi connectivity index (χ1) is 8.43. The van der Waals surface area contributed by atoms with Gasteiger partial charge in [0, 0.05) is 19.1 Å². The van der Waals surface area contributed by atoms with Gasteiger partial charge in [-0.1, -0.05) is 13.8 Å². The maximum absolute atomic E-state index is 12.7. The molecule has 2 atom stereocenters. The molecule has 0 spiro atoms. The second-order valence-corrected chi connectivity index (χ2v) is 5.85. The zero-order valence-corrected chi connectivity index (χ0v) is 13.9. The van der Waals surface area contributed by atoms with E-state index < -0.39 is 0 Å². The fourth-order valence-electron chi connectivity index (χ4n) is 2.00. The smallest absolute Gasteiger partial charge is 0.273 e. The van der Waals surface area contributed by atoms with Crippen molar-refractivity contribution in [3.63, 3.8) is 0 Å². The molecule has 0 saturated carbocycles. The molecule has 102 valence electrons. The second kappa shape index (κ2) is 6.54. The molecule has 5 heteroatoms. The quantitative estimate of drug-likeness (QED) is 0.755. The molecule has 1 rings (SSSR count). The Hall–Kier alpha value is -0.590. The van der Waals surface area contributed by atoms with Crippen molar-refractivity contribution < 1.29 is 4.79 Å². The number of carbonyl (C=O) groups excluding carboxylic acids is 1. The predicted octanol–water partition coefficient (Wildman–Crippen LogP) is 3.06. The van der Waals surface area contributed by atoms with Crippen LogP contribution in [0, 0.1) is 3.57 Å². The summed E-state index contributed by atoms with van der Waals surface area (Å²) >= 11 is 2.17. The summed E-state index contributed by atoms with van der Waals surface area (Å²) in [6.45, 7) is 8.43. The van der Waals surface area contributed by atoms with Crippen LogP contribution in [0.15, 0.2) is 6.20 Å². The zero-order valence-electron chi connectivity index (χ0n) is 11.8. The van der Waals surface area contributed by atoms with Gasteiger partial charge in [-0.05, 0) is 49.3 Å². The fourth-order valence-corrected chi connectivity index (χ4v) is 2.71. The van der Waals surface area contributed by atoms with E-state index in [-0.39, 0.29) is 18.0 Å². The van der Waals surface area contributed by atoms with E-state index >= 15 is 0 Å². The van der Waals surface area contributed by atoms with Gasteiger partial charge in [0.2, 0.25) is 0 Å². The Balaban J connectivity index is 3.10. The lowest BCUT2D eigenvalue weighted by molar-refractivity contribution is 0.0585. The molecule has 0 aromatic carbocycles. The Kier molecular flexibility index (Phi) is 5.62. The summed E-state index contributed by atoms with van der Waals surface area (Å²) in [6.07, 6.45) is 3.66. The highest BCUT2D eigenvalue weighted by atomic mass is 127. The van der Waals surface area contributed by atoms with Crippen molar-refractivity contribution in [3.05, 3.63) is 15.5 Å². The number of halogens is 1. The molecule has 1 aromatic rings. The Labute approximate surface area is 123 Å². The van der Waals surface area contributed by atoms with Crippen molar-refractivity contribution in [2.75, 3.05) is 0 Å². The topological polar surface area (TPSA) is 38.1 Å². The molecule has 1 heterocycles. The van der Waals surface area contributed by atoms with Crippen molar-refractivity contribution in [3.8, 4) is 0 Å². The zero-order chi connectivity index (χ0) is 13.9. The molecule has 0 saturated heterocycles. The number of aryl methyl sites for hydroxylation is 1. The molecule has 0 bridgehead atoms. The molecule has 0 N–H and O–H groups in total. The van der Waals surface area contributed by atoms with Gasteiger partial charge in [-0.2, -0.15) is 5.10 Å². The Bertz CT molecular complexity index is 387. The molecule has 1 amide bonds. The van der Waals surface area contributed by atoms with Gasteiger partial charge in [-0.25, -0.2) is 0 Å². The normalized spacial score (nSPS) is 14.3. The number of hydrogen-bond donors (Lipinski definition) is 0. The highest BCUT2D eigenvalue weighted by molar-refractivity contribution is 14.1. The van der Waals surface area contributed by atoms with Crippen LogP contribution >= 0.6 is 22.6 Å². The molecule has 0 aliphatic carbocycles. The Morgan fingerprint density at radius 3 is 2.22 bits per heavy atom. The molecule has 1 aromatic heterocycles. The molecule has 4 nitrogen and oxygen atoms in total. The van der Waals surface area contributed by atoms with Crippen LogP contribution < -0.4 is 0 Å². The number of nitrogens with zero attached hydrogens (tertiary/aromatic N) is 3. The lowest BCUT2D eigenvalue weighted by Gasteiger charge is -2.34. The maximum atomic E-state index is 12.7. The Morgan fingerprint density at radius 1 is 1.39 bits per heavy atom. The van der Waals surface area contributed by atoms with Crippen LogP contribution in [0.4, 0.5) is 0 Å². The van der Waals surface area contributed by atoms with Gasteiger partial charge in [-0.3, -0.25) is 9.48 Å². The third kappa shape index (κ3) is 3.05. The van der Waals surface area contributed by atoms with Gasteiger partial charge in [0.15, 0.2) is 0 Å². The third-order valence-corrected chi connectivity index (χ3v) is 4.25. The van der Waals surface area contributed by atoms with E-state index in [9.17, 15) is 4.79 Å². The standard InChI is InChI=1S/C13H22IN3O/c1-6-9(3)17(10(4)7-2)13(18)12-11(14)8-15-16(12)5/h8-10H,6-7H2,1-5H3. The van der Waals surface area contributed by atoms with Crippen LogP contribution in [0.3, 0.4) is 0 Å². The van der Waals surface area contributed by atoms with E-state index in [1.807, 2.05) is 11.9 Å². The summed E-state index contributed by atoms with van der Waals surface area (Å²) in [5.74, 6) is 0.0862. The highest BCUT2D eigenvalue weighted by Gasteiger charge is 2.28. The third-order valence-electron chi connectivity index (χ3n) is 3.46. The fraction of sp³-hybridized carbons (Fsp3) is 0.692. The maximum Gasteiger partial charge on any atom is 0.273 e. The highest BCUT2D eigenvalue weighted by Crippen LogP contribution is 2.19. The molecule has 0 aliphatic rings. The summed E-state index contributed by atoms with van der Waals surface area (Å²) in [4.78, 5) is 14.7. The molecule has 18 heavy (non-hydrogen) atoms. The summed E-state index contributed by atoms with van der Waals surface area (Å²) in [7, 11) is 1.82. The Morgan fingerprint density at radius 2 is 1.89 bits per heavy atom. The van der Waals surface area contributed by atoms with Gasteiger partial charge in [0.1, 0.15) is 5.69 Å². The van der Waals surface area contributed by atoms with Gasteiger partial charge >= 0.3 is 0 Å². The largest absolute Gasteiger partial charge is 0.332 e. The lowest BCUT2D eigenvalue weighted by atomic mass is 10.1.